The molecule has 0 N–H and O–H groups in total. The van der Waals surface area contributed by atoms with Crippen LogP contribution in [0.4, 0.5) is 0 Å². The number of unbranched alkanes of at least 4 members (excludes halogenated alkanes) is 6. The van der Waals surface area contributed by atoms with Gasteiger partial charge < -0.3 is 19.8 Å². The SMILES string of the molecule is CCCCCCC(CCCCCC)(CC(=O)[O-])C(=O)[O-]. The van der Waals surface area contributed by atoms with Crippen LogP contribution in [0.2, 0.25) is 0 Å². The Morgan fingerprint density at radius 1 is 0.800 bits per heavy atom. The van der Waals surface area contributed by atoms with E-state index in [1.807, 2.05) is 0 Å². The van der Waals surface area contributed by atoms with E-state index in [9.17, 15) is 19.8 Å². The molecule has 0 heterocycles. The number of carboxylic acid groups (broad SMARTS) is 2. The van der Waals surface area contributed by atoms with Crippen molar-refractivity contribution in [1.82, 2.24) is 0 Å². The molecule has 0 aliphatic carbocycles. The lowest BCUT2D eigenvalue weighted by Crippen LogP contribution is -2.46. The van der Waals surface area contributed by atoms with Crippen LogP contribution in [-0.2, 0) is 9.59 Å². The molecule has 0 aromatic rings. The van der Waals surface area contributed by atoms with E-state index in [1.165, 1.54) is 0 Å². The van der Waals surface area contributed by atoms with Gasteiger partial charge in [0.05, 0.1) is 0 Å². The Hall–Kier alpha value is -1.06. The molecule has 0 radical (unpaired) electrons. The molecular weight excluding hydrogens is 256 g/mol. The minimum atomic E-state index is -1.29. The first-order chi connectivity index (χ1) is 9.48. The maximum atomic E-state index is 11.5. The summed E-state index contributed by atoms with van der Waals surface area (Å²) in [6.45, 7) is 4.16. The van der Waals surface area contributed by atoms with Crippen molar-refractivity contribution in [1.29, 1.82) is 0 Å². The number of hydrogen-bond acceptors (Lipinski definition) is 4. The van der Waals surface area contributed by atoms with Gasteiger partial charge in [-0.25, -0.2) is 0 Å². The van der Waals surface area contributed by atoms with Crippen LogP contribution in [0.15, 0.2) is 0 Å². The molecule has 0 spiro atoms. The molecule has 0 atom stereocenters. The summed E-state index contributed by atoms with van der Waals surface area (Å²) in [6, 6.07) is 0. The minimum absolute atomic E-state index is 0.384. The van der Waals surface area contributed by atoms with Gasteiger partial charge in [-0.15, -0.1) is 0 Å². The summed E-state index contributed by atoms with van der Waals surface area (Å²) >= 11 is 0. The maximum Gasteiger partial charge on any atom is 0.0479 e. The Labute approximate surface area is 122 Å². The molecule has 0 unspecified atom stereocenters. The molecular formula is C16H28O4-2. The summed E-state index contributed by atoms with van der Waals surface area (Å²) in [7, 11) is 0. The molecule has 0 rings (SSSR count). The van der Waals surface area contributed by atoms with Crippen molar-refractivity contribution in [2.75, 3.05) is 0 Å². The smallest absolute Gasteiger partial charge is 0.0479 e. The highest BCUT2D eigenvalue weighted by molar-refractivity contribution is 5.79. The predicted molar refractivity (Wildman–Crippen MR) is 74.6 cm³/mol. The van der Waals surface area contributed by atoms with Crippen LogP contribution < -0.4 is 10.2 Å². The lowest BCUT2D eigenvalue weighted by Gasteiger charge is -2.35. The zero-order valence-electron chi connectivity index (χ0n) is 12.9. The van der Waals surface area contributed by atoms with Gasteiger partial charge >= 0.3 is 0 Å². The fraction of sp³-hybridized carbons (Fsp3) is 0.875. The number of carbonyl (C=O) groups is 2. The predicted octanol–water partition coefficient (Wildman–Crippen LogP) is 1.80. The third kappa shape index (κ3) is 7.51. The topological polar surface area (TPSA) is 80.3 Å². The monoisotopic (exact) mass is 284 g/mol. The van der Waals surface area contributed by atoms with E-state index in [-0.39, 0.29) is 0 Å². The maximum absolute atomic E-state index is 11.5. The van der Waals surface area contributed by atoms with Gasteiger partial charge in [0.1, 0.15) is 0 Å². The Morgan fingerprint density at radius 3 is 1.55 bits per heavy atom. The molecule has 0 saturated heterocycles. The Kier molecular flexibility index (Phi) is 10.1. The molecule has 118 valence electrons. The Bertz CT molecular complexity index is 274. The van der Waals surface area contributed by atoms with Crippen molar-refractivity contribution in [3.63, 3.8) is 0 Å². The van der Waals surface area contributed by atoms with Crippen molar-refractivity contribution in [3.8, 4) is 0 Å². The fourth-order valence-electron chi connectivity index (χ4n) is 2.63. The summed E-state index contributed by atoms with van der Waals surface area (Å²) in [5.74, 6) is -2.52. The van der Waals surface area contributed by atoms with Gasteiger partial charge in [0.15, 0.2) is 0 Å². The first-order valence-electron chi connectivity index (χ1n) is 7.89. The minimum Gasteiger partial charge on any atom is -0.550 e. The first-order valence-corrected chi connectivity index (χ1v) is 7.89. The zero-order valence-corrected chi connectivity index (χ0v) is 12.9. The average Bonchev–Trinajstić information content (AvgIpc) is 2.38. The van der Waals surface area contributed by atoms with Crippen molar-refractivity contribution in [2.45, 2.75) is 84.5 Å². The largest absolute Gasteiger partial charge is 0.550 e. The van der Waals surface area contributed by atoms with Crippen LogP contribution in [0.3, 0.4) is 0 Å². The summed E-state index contributed by atoms with van der Waals surface area (Å²) in [5, 5.41) is 22.4. The average molecular weight is 284 g/mol. The Balaban J connectivity index is 4.58. The summed E-state index contributed by atoms with van der Waals surface area (Å²) in [5.41, 5.74) is -1.24. The lowest BCUT2D eigenvalue weighted by atomic mass is 9.75. The second kappa shape index (κ2) is 10.7. The molecule has 0 aromatic carbocycles. The number of hydrogen-bond donors (Lipinski definition) is 0. The highest BCUT2D eigenvalue weighted by Crippen LogP contribution is 2.35. The van der Waals surface area contributed by atoms with Gasteiger partial charge in [0, 0.05) is 17.4 Å². The normalized spacial score (nSPS) is 11.5. The summed E-state index contributed by atoms with van der Waals surface area (Å²) in [6.07, 6.45) is 7.92. The quantitative estimate of drug-likeness (QED) is 0.483. The molecule has 20 heavy (non-hydrogen) atoms. The molecule has 4 nitrogen and oxygen atoms in total. The van der Waals surface area contributed by atoms with Gasteiger partial charge in [-0.05, 0) is 19.3 Å². The summed E-state index contributed by atoms with van der Waals surface area (Å²) < 4.78 is 0. The van der Waals surface area contributed by atoms with Crippen molar-refractivity contribution in [3.05, 3.63) is 0 Å². The molecule has 0 bridgehead atoms. The van der Waals surface area contributed by atoms with Crippen molar-refractivity contribution >= 4 is 11.9 Å². The Morgan fingerprint density at radius 2 is 1.25 bits per heavy atom. The molecule has 0 aliphatic heterocycles. The number of carboxylic acids is 2. The standard InChI is InChI=1S/C16H30O4/c1-3-5-7-9-11-16(15(19)20,13-14(17)18)12-10-8-6-4-2/h3-13H2,1-2H3,(H,17,18)(H,19,20)/p-2. The van der Waals surface area contributed by atoms with E-state index in [1.54, 1.807) is 0 Å². The molecule has 0 fully saturated rings. The molecule has 0 amide bonds. The van der Waals surface area contributed by atoms with Crippen molar-refractivity contribution in [2.24, 2.45) is 5.41 Å². The van der Waals surface area contributed by atoms with E-state index in [4.69, 9.17) is 0 Å². The van der Waals surface area contributed by atoms with Gasteiger partial charge in [0.25, 0.3) is 0 Å². The third-order valence-corrected chi connectivity index (χ3v) is 3.93. The van der Waals surface area contributed by atoms with Crippen LogP contribution >= 0.6 is 0 Å². The molecule has 0 aromatic heterocycles. The zero-order chi connectivity index (χ0) is 15.4. The number of aliphatic carboxylic acids is 2. The van der Waals surface area contributed by atoms with Crippen molar-refractivity contribution < 1.29 is 19.8 Å². The second-order valence-corrected chi connectivity index (χ2v) is 5.74. The summed E-state index contributed by atoms with van der Waals surface area (Å²) in [4.78, 5) is 22.4. The molecule has 0 aliphatic rings. The van der Waals surface area contributed by atoms with E-state index in [0.29, 0.717) is 12.8 Å². The first kappa shape index (κ1) is 18.9. The second-order valence-electron chi connectivity index (χ2n) is 5.74. The number of carbonyl (C=O) groups excluding carboxylic acids is 2. The van der Waals surface area contributed by atoms with Gasteiger partial charge in [-0.1, -0.05) is 65.2 Å². The highest BCUT2D eigenvalue weighted by atomic mass is 16.4. The van der Waals surface area contributed by atoms with Crippen LogP contribution in [0, 0.1) is 5.41 Å². The highest BCUT2D eigenvalue weighted by Gasteiger charge is 2.31. The van der Waals surface area contributed by atoms with Gasteiger partial charge in [-0.3, -0.25) is 0 Å². The van der Waals surface area contributed by atoms with E-state index < -0.39 is 23.8 Å². The van der Waals surface area contributed by atoms with Gasteiger partial charge in [-0.2, -0.15) is 0 Å². The third-order valence-electron chi connectivity index (χ3n) is 3.93. The van der Waals surface area contributed by atoms with Gasteiger partial charge in [0.2, 0.25) is 0 Å². The lowest BCUT2D eigenvalue weighted by molar-refractivity contribution is -0.329. The van der Waals surface area contributed by atoms with E-state index in [0.717, 1.165) is 51.4 Å². The fourth-order valence-corrected chi connectivity index (χ4v) is 2.63. The van der Waals surface area contributed by atoms with Crippen LogP contribution in [0.5, 0.6) is 0 Å². The molecule has 4 heteroatoms. The van der Waals surface area contributed by atoms with Crippen LogP contribution in [0.25, 0.3) is 0 Å². The van der Waals surface area contributed by atoms with Crippen LogP contribution in [-0.4, -0.2) is 11.9 Å². The van der Waals surface area contributed by atoms with E-state index >= 15 is 0 Å². The van der Waals surface area contributed by atoms with E-state index in [2.05, 4.69) is 13.8 Å². The number of rotatable bonds is 13. The van der Waals surface area contributed by atoms with Crippen LogP contribution in [0.1, 0.15) is 84.5 Å². The molecule has 0 saturated carbocycles.